The highest BCUT2D eigenvalue weighted by atomic mass is 19.4. The Morgan fingerprint density at radius 2 is 1.81 bits per heavy atom. The fraction of sp³-hybridized carbons (Fsp3) is 0.0769. The van der Waals surface area contributed by atoms with Crippen molar-refractivity contribution >= 4 is 11.4 Å². The SMILES string of the molecule is Nc1ccccc1Oc1ccc([N+](=O)[O-])c(C(F)(F)F)c1. The Balaban J connectivity index is 2.43. The van der Waals surface area contributed by atoms with E-state index in [1.54, 1.807) is 12.1 Å². The molecule has 0 saturated carbocycles. The number of alkyl halides is 3. The lowest BCUT2D eigenvalue weighted by Crippen LogP contribution is -2.09. The highest BCUT2D eigenvalue weighted by molar-refractivity contribution is 5.55. The molecule has 0 heterocycles. The van der Waals surface area contributed by atoms with E-state index >= 15 is 0 Å². The normalized spacial score (nSPS) is 11.2. The van der Waals surface area contributed by atoms with Gasteiger partial charge in [0.25, 0.3) is 5.69 Å². The first-order valence-electron chi connectivity index (χ1n) is 5.67. The van der Waals surface area contributed by atoms with Crippen molar-refractivity contribution in [3.63, 3.8) is 0 Å². The highest BCUT2D eigenvalue weighted by Gasteiger charge is 2.38. The van der Waals surface area contributed by atoms with Crippen LogP contribution in [0, 0.1) is 10.1 Å². The van der Waals surface area contributed by atoms with Crippen LogP contribution in [0.5, 0.6) is 11.5 Å². The van der Waals surface area contributed by atoms with Gasteiger partial charge in [-0.15, -0.1) is 0 Å². The molecule has 0 atom stereocenters. The zero-order valence-electron chi connectivity index (χ0n) is 10.4. The molecule has 0 aliphatic heterocycles. The summed E-state index contributed by atoms with van der Waals surface area (Å²) in [6, 6.07) is 8.64. The first-order valence-corrected chi connectivity index (χ1v) is 5.67. The van der Waals surface area contributed by atoms with E-state index in [-0.39, 0.29) is 17.2 Å². The van der Waals surface area contributed by atoms with E-state index in [0.717, 1.165) is 12.1 Å². The van der Waals surface area contributed by atoms with Gasteiger partial charge in [0.05, 0.1) is 10.6 Å². The number of para-hydroxylation sites is 2. The Hall–Kier alpha value is -2.77. The van der Waals surface area contributed by atoms with Crippen molar-refractivity contribution in [1.29, 1.82) is 0 Å². The van der Waals surface area contributed by atoms with Crippen molar-refractivity contribution in [3.8, 4) is 11.5 Å². The fourth-order valence-corrected chi connectivity index (χ4v) is 1.67. The van der Waals surface area contributed by atoms with Gasteiger partial charge in [-0.3, -0.25) is 10.1 Å². The summed E-state index contributed by atoms with van der Waals surface area (Å²) >= 11 is 0. The summed E-state index contributed by atoms with van der Waals surface area (Å²) in [5.41, 5.74) is 3.45. The number of ether oxygens (including phenoxy) is 1. The molecule has 0 amide bonds. The lowest BCUT2D eigenvalue weighted by molar-refractivity contribution is -0.388. The minimum Gasteiger partial charge on any atom is -0.455 e. The second kappa shape index (κ2) is 5.31. The summed E-state index contributed by atoms with van der Waals surface area (Å²) in [6.07, 6.45) is -4.86. The Kier molecular flexibility index (Phi) is 3.70. The maximum absolute atomic E-state index is 12.8. The molecular formula is C13H9F3N2O3. The smallest absolute Gasteiger partial charge is 0.423 e. The Morgan fingerprint density at radius 1 is 1.14 bits per heavy atom. The van der Waals surface area contributed by atoms with Crippen LogP contribution in [-0.4, -0.2) is 4.92 Å². The fourth-order valence-electron chi connectivity index (χ4n) is 1.67. The molecule has 2 N–H and O–H groups in total. The highest BCUT2D eigenvalue weighted by Crippen LogP contribution is 2.39. The monoisotopic (exact) mass is 298 g/mol. The van der Waals surface area contributed by atoms with E-state index in [9.17, 15) is 23.3 Å². The number of hydrogen-bond acceptors (Lipinski definition) is 4. The van der Waals surface area contributed by atoms with E-state index in [1.807, 2.05) is 0 Å². The number of nitrogen functional groups attached to an aromatic ring is 1. The first kappa shape index (κ1) is 14.6. The molecule has 0 saturated heterocycles. The minimum absolute atomic E-state index is 0.166. The average Bonchev–Trinajstić information content (AvgIpc) is 2.40. The van der Waals surface area contributed by atoms with Crippen LogP contribution in [0.25, 0.3) is 0 Å². The van der Waals surface area contributed by atoms with E-state index < -0.39 is 22.4 Å². The molecule has 110 valence electrons. The molecular weight excluding hydrogens is 289 g/mol. The van der Waals surface area contributed by atoms with Gasteiger partial charge < -0.3 is 10.5 Å². The van der Waals surface area contributed by atoms with Crippen LogP contribution in [0.15, 0.2) is 42.5 Å². The largest absolute Gasteiger partial charge is 0.455 e. The predicted molar refractivity (Wildman–Crippen MR) is 69.0 cm³/mol. The van der Waals surface area contributed by atoms with Crippen molar-refractivity contribution in [2.45, 2.75) is 6.18 Å². The van der Waals surface area contributed by atoms with Crippen LogP contribution >= 0.6 is 0 Å². The van der Waals surface area contributed by atoms with E-state index in [2.05, 4.69) is 0 Å². The van der Waals surface area contributed by atoms with Gasteiger partial charge >= 0.3 is 6.18 Å². The standard InChI is InChI=1S/C13H9F3N2O3/c14-13(15,16)9-7-8(5-6-11(9)18(19)20)21-12-4-2-1-3-10(12)17/h1-7H,17H2. The Labute approximate surface area is 116 Å². The zero-order chi connectivity index (χ0) is 15.6. The molecule has 0 aromatic heterocycles. The molecule has 21 heavy (non-hydrogen) atoms. The number of nitrogens with two attached hydrogens (primary N) is 1. The van der Waals surface area contributed by atoms with E-state index in [4.69, 9.17) is 10.5 Å². The Bertz CT molecular complexity index is 687. The third kappa shape index (κ3) is 3.22. The molecule has 0 radical (unpaired) electrons. The van der Waals surface area contributed by atoms with Crippen LogP contribution < -0.4 is 10.5 Å². The van der Waals surface area contributed by atoms with Gasteiger partial charge in [-0.05, 0) is 24.3 Å². The lowest BCUT2D eigenvalue weighted by atomic mass is 10.1. The van der Waals surface area contributed by atoms with Crippen LogP contribution in [-0.2, 0) is 6.18 Å². The lowest BCUT2D eigenvalue weighted by Gasteiger charge is -2.11. The minimum atomic E-state index is -4.86. The molecule has 8 heteroatoms. The molecule has 0 bridgehead atoms. The zero-order valence-corrected chi connectivity index (χ0v) is 10.4. The third-order valence-corrected chi connectivity index (χ3v) is 2.62. The van der Waals surface area contributed by atoms with Crippen LogP contribution in [0.3, 0.4) is 0 Å². The second-order valence-electron chi connectivity index (χ2n) is 4.07. The molecule has 0 fully saturated rings. The number of hydrogen-bond donors (Lipinski definition) is 1. The van der Waals surface area contributed by atoms with Crippen molar-refractivity contribution in [1.82, 2.24) is 0 Å². The first-order chi connectivity index (χ1) is 9.79. The average molecular weight is 298 g/mol. The number of nitrogens with zero attached hydrogens (tertiary/aromatic N) is 1. The summed E-state index contributed by atoms with van der Waals surface area (Å²) in [4.78, 5) is 9.54. The molecule has 0 aliphatic carbocycles. The molecule has 0 unspecified atom stereocenters. The van der Waals surface area contributed by atoms with Crippen molar-refractivity contribution in [2.24, 2.45) is 0 Å². The van der Waals surface area contributed by atoms with E-state index in [1.165, 1.54) is 12.1 Å². The number of nitro benzene ring substituents is 1. The number of rotatable bonds is 3. The molecule has 0 aliphatic rings. The van der Waals surface area contributed by atoms with Crippen LogP contribution in [0.2, 0.25) is 0 Å². The summed E-state index contributed by atoms with van der Waals surface area (Å²) in [7, 11) is 0. The topological polar surface area (TPSA) is 78.4 Å². The summed E-state index contributed by atoms with van der Waals surface area (Å²) < 4.78 is 43.7. The maximum Gasteiger partial charge on any atom is 0.423 e. The van der Waals surface area contributed by atoms with Gasteiger partial charge in [0.15, 0.2) is 0 Å². The van der Waals surface area contributed by atoms with Crippen molar-refractivity contribution in [3.05, 3.63) is 58.1 Å². The molecule has 2 aromatic rings. The summed E-state index contributed by atoms with van der Waals surface area (Å²) in [5.74, 6) is -0.0229. The van der Waals surface area contributed by atoms with Gasteiger partial charge in [-0.25, -0.2) is 0 Å². The van der Waals surface area contributed by atoms with E-state index in [0.29, 0.717) is 6.07 Å². The van der Waals surface area contributed by atoms with Gasteiger partial charge in [0.2, 0.25) is 0 Å². The molecule has 2 aromatic carbocycles. The quantitative estimate of drug-likeness (QED) is 0.528. The summed E-state index contributed by atoms with van der Waals surface area (Å²) in [5, 5.41) is 10.6. The summed E-state index contributed by atoms with van der Waals surface area (Å²) in [6.45, 7) is 0. The van der Waals surface area contributed by atoms with Crippen molar-refractivity contribution < 1.29 is 22.8 Å². The predicted octanol–water partition coefficient (Wildman–Crippen LogP) is 3.99. The number of anilines is 1. The van der Waals surface area contributed by atoms with Gasteiger partial charge in [-0.1, -0.05) is 12.1 Å². The molecule has 0 spiro atoms. The van der Waals surface area contributed by atoms with Crippen LogP contribution in [0.4, 0.5) is 24.5 Å². The second-order valence-corrected chi connectivity index (χ2v) is 4.07. The Morgan fingerprint density at radius 3 is 2.38 bits per heavy atom. The maximum atomic E-state index is 12.8. The number of halogens is 3. The molecule has 2 rings (SSSR count). The van der Waals surface area contributed by atoms with Gasteiger partial charge in [0.1, 0.15) is 17.1 Å². The van der Waals surface area contributed by atoms with Gasteiger partial charge in [0, 0.05) is 6.07 Å². The number of nitro groups is 1. The number of benzene rings is 2. The third-order valence-electron chi connectivity index (χ3n) is 2.62. The molecule has 5 nitrogen and oxygen atoms in total. The van der Waals surface area contributed by atoms with Gasteiger partial charge in [-0.2, -0.15) is 13.2 Å². The van der Waals surface area contributed by atoms with Crippen LogP contribution in [0.1, 0.15) is 5.56 Å². The van der Waals surface area contributed by atoms with Crippen molar-refractivity contribution in [2.75, 3.05) is 5.73 Å².